The molecule has 2 fully saturated rings. The van der Waals surface area contributed by atoms with Crippen molar-refractivity contribution < 1.29 is 9.18 Å². The second-order valence-electron chi connectivity index (χ2n) is 6.37. The van der Waals surface area contributed by atoms with Gasteiger partial charge in [-0.3, -0.25) is 4.79 Å². The smallest absolute Gasteiger partial charge is 0.236 e. The Morgan fingerprint density at radius 1 is 1.00 bits per heavy atom. The summed E-state index contributed by atoms with van der Waals surface area (Å²) in [7, 11) is 0. The predicted molar refractivity (Wildman–Crippen MR) is 87.6 cm³/mol. The Labute approximate surface area is 135 Å². The van der Waals surface area contributed by atoms with Gasteiger partial charge in [-0.15, -0.1) is 0 Å². The number of nitrogens with one attached hydrogen (secondary N) is 1. The van der Waals surface area contributed by atoms with Gasteiger partial charge in [-0.05, 0) is 55.8 Å². The third kappa shape index (κ3) is 2.17. The molecule has 118 valence electrons. The van der Waals surface area contributed by atoms with Crippen LogP contribution in [0.3, 0.4) is 0 Å². The van der Waals surface area contributed by atoms with Crippen LogP contribution in [0, 0.1) is 11.2 Å². The fraction of sp³-hybridized carbons (Fsp3) is 0.316. The molecule has 2 aromatic carbocycles. The average molecular weight is 310 g/mol. The molecule has 1 N–H and O–H groups in total. The van der Waals surface area contributed by atoms with Crippen LogP contribution < -0.4 is 10.2 Å². The van der Waals surface area contributed by atoms with E-state index in [0.717, 1.165) is 37.2 Å². The number of hydrogen-bond donors (Lipinski definition) is 1. The van der Waals surface area contributed by atoms with Crippen molar-refractivity contribution in [2.24, 2.45) is 5.41 Å². The molecule has 2 heterocycles. The van der Waals surface area contributed by atoms with Gasteiger partial charge in [0.1, 0.15) is 5.82 Å². The molecule has 1 atom stereocenters. The third-order valence-electron chi connectivity index (χ3n) is 5.14. The van der Waals surface area contributed by atoms with Gasteiger partial charge in [-0.1, -0.05) is 30.3 Å². The molecule has 4 rings (SSSR count). The topological polar surface area (TPSA) is 32.3 Å². The minimum atomic E-state index is -0.318. The first-order valence-corrected chi connectivity index (χ1v) is 8.07. The molecule has 1 amide bonds. The van der Waals surface area contributed by atoms with Crippen LogP contribution in [0.2, 0.25) is 0 Å². The van der Waals surface area contributed by atoms with Crippen LogP contribution in [0.5, 0.6) is 0 Å². The van der Waals surface area contributed by atoms with Crippen LogP contribution in [-0.4, -0.2) is 19.0 Å². The zero-order chi connectivity index (χ0) is 15.9. The second-order valence-corrected chi connectivity index (χ2v) is 6.37. The molecule has 1 unspecified atom stereocenters. The number of halogens is 1. The molecule has 2 aromatic rings. The number of benzene rings is 2. The summed E-state index contributed by atoms with van der Waals surface area (Å²) in [5.74, 6) is -0.117. The summed E-state index contributed by atoms with van der Waals surface area (Å²) in [6, 6.07) is 16.4. The van der Waals surface area contributed by atoms with E-state index in [1.165, 1.54) is 12.1 Å². The lowest BCUT2D eigenvalue weighted by molar-refractivity contribution is -0.142. The van der Waals surface area contributed by atoms with Gasteiger partial charge < -0.3 is 10.2 Å². The first kappa shape index (κ1) is 14.4. The van der Waals surface area contributed by atoms with Crippen LogP contribution in [0.25, 0.3) is 0 Å². The van der Waals surface area contributed by atoms with Gasteiger partial charge in [0.15, 0.2) is 0 Å². The molecule has 2 aliphatic heterocycles. The molecular weight excluding hydrogens is 291 g/mol. The van der Waals surface area contributed by atoms with Crippen LogP contribution in [0.1, 0.15) is 24.4 Å². The highest BCUT2D eigenvalue weighted by molar-refractivity contribution is 6.06. The largest absolute Gasteiger partial charge is 0.317 e. The van der Waals surface area contributed by atoms with Crippen LogP contribution >= 0.6 is 0 Å². The SMILES string of the molecule is O=C1N(c2ccc(F)cc2)C(c2ccccc2)C12CCNCC2. The lowest BCUT2D eigenvalue weighted by Gasteiger charge is -2.58. The maximum absolute atomic E-state index is 13.2. The first-order chi connectivity index (χ1) is 11.2. The van der Waals surface area contributed by atoms with Crippen molar-refractivity contribution >= 4 is 11.6 Å². The standard InChI is InChI=1S/C19H19FN2O/c20-15-6-8-16(9-7-15)22-17(14-4-2-1-3-5-14)19(18(22)23)10-12-21-13-11-19/h1-9,17,21H,10-13H2. The summed E-state index contributed by atoms with van der Waals surface area (Å²) in [4.78, 5) is 14.8. The van der Waals surface area contributed by atoms with E-state index in [1.54, 1.807) is 12.1 Å². The average Bonchev–Trinajstić information content (AvgIpc) is 2.61. The number of nitrogens with zero attached hydrogens (tertiary/aromatic N) is 1. The molecule has 0 aromatic heterocycles. The Kier molecular flexibility index (Phi) is 3.42. The Hall–Kier alpha value is -2.20. The summed E-state index contributed by atoms with van der Waals surface area (Å²) >= 11 is 0. The fourth-order valence-corrected chi connectivity index (χ4v) is 3.99. The molecule has 2 aliphatic rings. The Bertz CT molecular complexity index is 708. The van der Waals surface area contributed by atoms with Crippen molar-refractivity contribution in [2.75, 3.05) is 18.0 Å². The summed E-state index contributed by atoms with van der Waals surface area (Å²) in [6.45, 7) is 1.73. The molecule has 3 nitrogen and oxygen atoms in total. The van der Waals surface area contributed by atoms with Crippen molar-refractivity contribution in [2.45, 2.75) is 18.9 Å². The van der Waals surface area contributed by atoms with Crippen molar-refractivity contribution in [1.82, 2.24) is 5.32 Å². The van der Waals surface area contributed by atoms with E-state index >= 15 is 0 Å². The molecule has 2 saturated heterocycles. The van der Waals surface area contributed by atoms with Crippen molar-refractivity contribution in [3.8, 4) is 0 Å². The maximum Gasteiger partial charge on any atom is 0.236 e. The van der Waals surface area contributed by atoms with E-state index in [9.17, 15) is 9.18 Å². The second kappa shape index (κ2) is 5.46. The van der Waals surface area contributed by atoms with Gasteiger partial charge in [0.25, 0.3) is 0 Å². The molecule has 0 radical (unpaired) electrons. The highest BCUT2D eigenvalue weighted by atomic mass is 19.1. The highest BCUT2D eigenvalue weighted by Crippen LogP contribution is 2.56. The lowest BCUT2D eigenvalue weighted by Crippen LogP contribution is -2.66. The van der Waals surface area contributed by atoms with Gasteiger partial charge in [-0.2, -0.15) is 0 Å². The summed E-state index contributed by atoms with van der Waals surface area (Å²) in [5.41, 5.74) is 1.61. The molecule has 0 saturated carbocycles. The third-order valence-corrected chi connectivity index (χ3v) is 5.14. The van der Waals surface area contributed by atoms with Crippen molar-refractivity contribution in [3.63, 3.8) is 0 Å². The Balaban J connectivity index is 1.76. The minimum Gasteiger partial charge on any atom is -0.317 e. The maximum atomic E-state index is 13.2. The van der Waals surface area contributed by atoms with Crippen LogP contribution in [0.4, 0.5) is 10.1 Å². The van der Waals surface area contributed by atoms with Crippen molar-refractivity contribution in [3.05, 3.63) is 66.0 Å². The quantitative estimate of drug-likeness (QED) is 0.863. The molecule has 1 spiro atoms. The zero-order valence-electron chi connectivity index (χ0n) is 12.8. The van der Waals surface area contributed by atoms with Gasteiger partial charge in [0, 0.05) is 5.69 Å². The molecule has 4 heteroatoms. The summed E-state index contributed by atoms with van der Waals surface area (Å²) < 4.78 is 13.2. The van der Waals surface area contributed by atoms with E-state index in [4.69, 9.17) is 0 Å². The fourth-order valence-electron chi connectivity index (χ4n) is 3.99. The predicted octanol–water partition coefficient (Wildman–Crippen LogP) is 3.28. The number of carbonyl (C=O) groups is 1. The number of anilines is 1. The lowest BCUT2D eigenvalue weighted by atomic mass is 9.62. The van der Waals surface area contributed by atoms with E-state index in [0.29, 0.717) is 0 Å². The molecular formula is C19H19FN2O. The van der Waals surface area contributed by atoms with Crippen LogP contribution in [-0.2, 0) is 4.79 Å². The van der Waals surface area contributed by atoms with E-state index in [-0.39, 0.29) is 23.2 Å². The number of hydrogen-bond acceptors (Lipinski definition) is 2. The van der Waals surface area contributed by atoms with Gasteiger partial charge in [0.2, 0.25) is 5.91 Å². The van der Waals surface area contributed by atoms with E-state index < -0.39 is 0 Å². The summed E-state index contributed by atoms with van der Waals surface area (Å²) in [5, 5.41) is 3.34. The first-order valence-electron chi connectivity index (χ1n) is 8.07. The van der Waals surface area contributed by atoms with Crippen LogP contribution in [0.15, 0.2) is 54.6 Å². The minimum absolute atomic E-state index is 0.0313. The number of β-lactam (4-membered cyclic amide) rings is 1. The molecule has 23 heavy (non-hydrogen) atoms. The molecule has 0 aliphatic carbocycles. The van der Waals surface area contributed by atoms with Gasteiger partial charge >= 0.3 is 0 Å². The monoisotopic (exact) mass is 310 g/mol. The Morgan fingerprint density at radius 3 is 2.30 bits per heavy atom. The summed E-state index contributed by atoms with van der Waals surface area (Å²) in [6.07, 6.45) is 1.70. The number of piperidine rings is 1. The highest BCUT2D eigenvalue weighted by Gasteiger charge is 2.61. The van der Waals surface area contributed by atoms with Crippen molar-refractivity contribution in [1.29, 1.82) is 0 Å². The Morgan fingerprint density at radius 2 is 1.65 bits per heavy atom. The molecule has 0 bridgehead atoms. The van der Waals surface area contributed by atoms with E-state index in [2.05, 4.69) is 17.4 Å². The van der Waals surface area contributed by atoms with Gasteiger partial charge in [-0.25, -0.2) is 4.39 Å². The van der Waals surface area contributed by atoms with Gasteiger partial charge in [0.05, 0.1) is 11.5 Å². The van der Waals surface area contributed by atoms with E-state index in [1.807, 2.05) is 23.1 Å². The number of rotatable bonds is 2. The number of carbonyl (C=O) groups excluding carboxylic acids is 1. The normalized spacial score (nSPS) is 22.9. The zero-order valence-corrected chi connectivity index (χ0v) is 12.8. The number of amides is 1.